The first-order valence-electron chi connectivity index (χ1n) is 6.43. The van der Waals surface area contributed by atoms with E-state index in [2.05, 4.69) is 15.9 Å². The number of hydrogen-bond acceptors (Lipinski definition) is 3. The van der Waals surface area contributed by atoms with Crippen molar-refractivity contribution in [1.82, 2.24) is 0 Å². The van der Waals surface area contributed by atoms with E-state index in [0.717, 1.165) is 19.3 Å². The second-order valence-corrected chi connectivity index (χ2v) is 5.56. The van der Waals surface area contributed by atoms with Crippen LogP contribution < -0.4 is 4.90 Å². The summed E-state index contributed by atoms with van der Waals surface area (Å²) in [7, 11) is 0. The molecule has 0 aliphatic carbocycles. The summed E-state index contributed by atoms with van der Waals surface area (Å²) in [4.78, 5) is 13.0. The summed E-state index contributed by atoms with van der Waals surface area (Å²) in [5.74, 6) is -1.51. The van der Waals surface area contributed by atoms with Crippen LogP contribution in [0.2, 0.25) is 0 Å². The van der Waals surface area contributed by atoms with Gasteiger partial charge in [0, 0.05) is 6.54 Å². The number of carbonyl (C=O) groups is 1. The summed E-state index contributed by atoms with van der Waals surface area (Å²) in [5.41, 5.74) is 0.443. The average Bonchev–Trinajstić information content (AvgIpc) is 2.67. The number of hydrogen-bond donors (Lipinski definition) is 1. The molecule has 6 heteroatoms. The van der Waals surface area contributed by atoms with E-state index in [4.69, 9.17) is 5.26 Å². The third-order valence-electron chi connectivity index (χ3n) is 3.53. The van der Waals surface area contributed by atoms with Gasteiger partial charge in [-0.15, -0.1) is 0 Å². The second kappa shape index (κ2) is 6.23. The molecule has 1 aromatic rings. The minimum Gasteiger partial charge on any atom is -0.480 e. The van der Waals surface area contributed by atoms with Gasteiger partial charge >= 0.3 is 5.97 Å². The van der Waals surface area contributed by atoms with Gasteiger partial charge in [-0.05, 0) is 40.9 Å². The molecule has 0 radical (unpaired) electrons. The molecule has 1 N–H and O–H groups in total. The standard InChI is InChI=1S/C14H14BrFN2O2/c15-12-9(8-17)5-6-10(13(12)16)18-7-3-1-2-4-11(18)14(19)20/h5-6,11H,1-4,7H2,(H,19,20). The van der Waals surface area contributed by atoms with Crippen molar-refractivity contribution in [3.8, 4) is 6.07 Å². The first-order chi connectivity index (χ1) is 9.56. The van der Waals surface area contributed by atoms with Gasteiger partial charge in [0.15, 0.2) is 5.82 Å². The van der Waals surface area contributed by atoms with Crippen molar-refractivity contribution < 1.29 is 14.3 Å². The molecule has 0 spiro atoms. The number of nitriles is 1. The molecule has 0 saturated carbocycles. The highest BCUT2D eigenvalue weighted by atomic mass is 79.9. The van der Waals surface area contributed by atoms with E-state index in [9.17, 15) is 14.3 Å². The van der Waals surface area contributed by atoms with Gasteiger partial charge in [0.2, 0.25) is 0 Å². The molecule has 20 heavy (non-hydrogen) atoms. The fraction of sp³-hybridized carbons (Fsp3) is 0.429. The van der Waals surface area contributed by atoms with Crippen LogP contribution >= 0.6 is 15.9 Å². The molecule has 1 aliphatic rings. The number of rotatable bonds is 2. The molecule has 1 aliphatic heterocycles. The molecule has 4 nitrogen and oxygen atoms in total. The van der Waals surface area contributed by atoms with Crippen LogP contribution in [-0.2, 0) is 4.79 Å². The van der Waals surface area contributed by atoms with Gasteiger partial charge in [-0.1, -0.05) is 12.8 Å². The Hall–Kier alpha value is -1.61. The molecule has 106 valence electrons. The smallest absolute Gasteiger partial charge is 0.326 e. The minimum absolute atomic E-state index is 0.0888. The van der Waals surface area contributed by atoms with Crippen molar-refractivity contribution in [3.05, 3.63) is 28.0 Å². The van der Waals surface area contributed by atoms with Crippen molar-refractivity contribution >= 4 is 27.6 Å². The summed E-state index contributed by atoms with van der Waals surface area (Å²) >= 11 is 3.06. The largest absolute Gasteiger partial charge is 0.480 e. The number of aliphatic carboxylic acids is 1. The summed E-state index contributed by atoms with van der Waals surface area (Å²) in [5, 5.41) is 18.2. The number of carboxylic acid groups (broad SMARTS) is 1. The lowest BCUT2D eigenvalue weighted by Gasteiger charge is -2.29. The average molecular weight is 341 g/mol. The molecule has 0 bridgehead atoms. The molecular weight excluding hydrogens is 327 g/mol. The van der Waals surface area contributed by atoms with E-state index < -0.39 is 17.8 Å². The maximum atomic E-state index is 14.4. The highest BCUT2D eigenvalue weighted by Crippen LogP contribution is 2.32. The van der Waals surface area contributed by atoms with Crippen molar-refractivity contribution in [2.45, 2.75) is 31.7 Å². The fourth-order valence-electron chi connectivity index (χ4n) is 2.50. The number of carboxylic acids is 1. The van der Waals surface area contributed by atoms with E-state index in [0.29, 0.717) is 13.0 Å². The highest BCUT2D eigenvalue weighted by molar-refractivity contribution is 9.10. The maximum Gasteiger partial charge on any atom is 0.326 e. The van der Waals surface area contributed by atoms with E-state index in [1.165, 1.54) is 12.1 Å². The third-order valence-corrected chi connectivity index (χ3v) is 4.30. The molecule has 1 unspecified atom stereocenters. The Morgan fingerprint density at radius 3 is 2.85 bits per heavy atom. The van der Waals surface area contributed by atoms with Gasteiger partial charge < -0.3 is 10.0 Å². The highest BCUT2D eigenvalue weighted by Gasteiger charge is 2.29. The van der Waals surface area contributed by atoms with Crippen LogP contribution in [0, 0.1) is 17.1 Å². The van der Waals surface area contributed by atoms with Crippen molar-refractivity contribution in [2.75, 3.05) is 11.4 Å². The number of anilines is 1. The van der Waals surface area contributed by atoms with E-state index in [1.54, 1.807) is 4.90 Å². The fourth-order valence-corrected chi connectivity index (χ4v) is 2.92. The lowest BCUT2D eigenvalue weighted by atomic mass is 10.1. The lowest BCUT2D eigenvalue weighted by molar-refractivity contribution is -0.138. The molecule has 0 amide bonds. The molecule has 1 heterocycles. The number of halogens is 2. The van der Waals surface area contributed by atoms with Crippen molar-refractivity contribution in [2.24, 2.45) is 0 Å². The van der Waals surface area contributed by atoms with Gasteiger partial charge in [-0.3, -0.25) is 0 Å². The molecule has 0 aromatic heterocycles. The Labute approximate surface area is 124 Å². The zero-order chi connectivity index (χ0) is 14.7. The molecular formula is C14H14BrFN2O2. The Morgan fingerprint density at radius 1 is 1.45 bits per heavy atom. The van der Waals surface area contributed by atoms with Gasteiger partial charge in [0.25, 0.3) is 0 Å². The van der Waals surface area contributed by atoms with Gasteiger partial charge in [-0.2, -0.15) is 5.26 Å². The SMILES string of the molecule is N#Cc1ccc(N2CCCCCC2C(=O)O)c(F)c1Br. The third kappa shape index (κ3) is 2.78. The van der Waals surface area contributed by atoms with Crippen LogP contribution in [0.4, 0.5) is 10.1 Å². The monoisotopic (exact) mass is 340 g/mol. The van der Waals surface area contributed by atoms with E-state index in [-0.39, 0.29) is 15.7 Å². The maximum absolute atomic E-state index is 14.4. The number of benzene rings is 1. The van der Waals surface area contributed by atoms with Crippen LogP contribution in [0.1, 0.15) is 31.2 Å². The van der Waals surface area contributed by atoms with Crippen LogP contribution in [0.15, 0.2) is 16.6 Å². The second-order valence-electron chi connectivity index (χ2n) is 4.77. The van der Waals surface area contributed by atoms with Crippen LogP contribution in [0.25, 0.3) is 0 Å². The van der Waals surface area contributed by atoms with Gasteiger partial charge in [-0.25, -0.2) is 9.18 Å². The summed E-state index contributed by atoms with van der Waals surface area (Å²) in [6, 6.07) is 4.17. The van der Waals surface area contributed by atoms with Crippen molar-refractivity contribution in [1.29, 1.82) is 5.26 Å². The first kappa shape index (κ1) is 14.8. The summed E-state index contributed by atoms with van der Waals surface area (Å²) in [6.07, 6.45) is 3.11. The minimum atomic E-state index is -0.938. The summed E-state index contributed by atoms with van der Waals surface area (Å²) in [6.45, 7) is 0.506. The van der Waals surface area contributed by atoms with Crippen LogP contribution in [-0.4, -0.2) is 23.7 Å². The molecule has 1 fully saturated rings. The Morgan fingerprint density at radius 2 is 2.20 bits per heavy atom. The lowest BCUT2D eigenvalue weighted by Crippen LogP contribution is -2.41. The zero-order valence-electron chi connectivity index (χ0n) is 10.8. The molecule has 2 rings (SSSR count). The summed E-state index contributed by atoms with van der Waals surface area (Å²) < 4.78 is 14.5. The Bertz CT molecular complexity index is 571. The van der Waals surface area contributed by atoms with Crippen molar-refractivity contribution in [3.63, 3.8) is 0 Å². The Balaban J connectivity index is 2.45. The van der Waals surface area contributed by atoms with Gasteiger partial charge in [0.05, 0.1) is 15.7 Å². The van der Waals surface area contributed by atoms with E-state index >= 15 is 0 Å². The Kier molecular flexibility index (Phi) is 4.61. The number of nitrogens with zero attached hydrogens (tertiary/aromatic N) is 2. The zero-order valence-corrected chi connectivity index (χ0v) is 12.4. The van der Waals surface area contributed by atoms with Gasteiger partial charge in [0.1, 0.15) is 12.1 Å². The topological polar surface area (TPSA) is 64.3 Å². The quantitative estimate of drug-likeness (QED) is 0.897. The molecule has 1 saturated heterocycles. The predicted octanol–water partition coefficient (Wildman–Crippen LogP) is 3.29. The van der Waals surface area contributed by atoms with E-state index in [1.807, 2.05) is 6.07 Å². The predicted molar refractivity (Wildman–Crippen MR) is 76.1 cm³/mol. The molecule has 1 atom stereocenters. The normalized spacial score (nSPS) is 19.2. The molecule has 1 aromatic carbocycles. The van der Waals surface area contributed by atoms with Crippen LogP contribution in [0.3, 0.4) is 0 Å². The first-order valence-corrected chi connectivity index (χ1v) is 7.23. The van der Waals surface area contributed by atoms with Crippen LogP contribution in [0.5, 0.6) is 0 Å².